The second-order valence-electron chi connectivity index (χ2n) is 4.99. The van der Waals surface area contributed by atoms with Crippen LogP contribution in [0.1, 0.15) is 25.6 Å². The molecule has 2 rings (SSSR count). The van der Waals surface area contributed by atoms with Crippen LogP contribution in [0.3, 0.4) is 0 Å². The normalized spacial score (nSPS) is 14.8. The first kappa shape index (κ1) is 16.4. The Bertz CT molecular complexity index is 618. The van der Waals surface area contributed by atoms with Crippen molar-refractivity contribution in [2.75, 3.05) is 6.61 Å². The number of fused-ring (bicyclic) bond motifs is 1. The van der Waals surface area contributed by atoms with Gasteiger partial charge in [0.05, 0.1) is 6.04 Å². The average Bonchev–Trinajstić information content (AvgIpc) is 2.87. The lowest BCUT2D eigenvalue weighted by molar-refractivity contribution is -0.185. The van der Waals surface area contributed by atoms with Crippen molar-refractivity contribution in [1.29, 1.82) is 0 Å². The molecule has 120 valence electrons. The predicted molar refractivity (Wildman–Crippen MR) is 74.2 cm³/mol. The van der Waals surface area contributed by atoms with E-state index in [9.17, 15) is 18.0 Å². The number of carbonyl (C=O) groups excluding carboxylic acids is 1. The van der Waals surface area contributed by atoms with Crippen LogP contribution in [0, 0.1) is 0 Å². The van der Waals surface area contributed by atoms with Gasteiger partial charge in [-0.2, -0.15) is 13.2 Å². The molecule has 0 saturated heterocycles. The molecule has 7 heteroatoms. The predicted octanol–water partition coefficient (Wildman–Crippen LogP) is 3.58. The molecule has 0 unspecified atom stereocenters. The summed E-state index contributed by atoms with van der Waals surface area (Å²) in [6.07, 6.45) is -5.66. The number of benzene rings is 1. The van der Waals surface area contributed by atoms with Crippen molar-refractivity contribution in [1.82, 2.24) is 5.32 Å². The van der Waals surface area contributed by atoms with E-state index in [2.05, 4.69) is 10.1 Å². The molecule has 1 aromatic heterocycles. The summed E-state index contributed by atoms with van der Waals surface area (Å²) >= 11 is 0. The molecule has 0 aliphatic heterocycles. The smallest absolute Gasteiger partial charge is 0.411 e. The molecule has 1 N–H and O–H groups in total. The Labute approximate surface area is 125 Å². The van der Waals surface area contributed by atoms with Crippen molar-refractivity contribution in [3.05, 3.63) is 36.1 Å². The third-order valence-corrected chi connectivity index (χ3v) is 3.10. The SMILES string of the molecule is C[C@H](NC(=O)[C@@H](C)OCC(F)(F)F)c1cc2ccccc2o1. The van der Waals surface area contributed by atoms with Crippen LogP contribution in [-0.4, -0.2) is 24.8 Å². The summed E-state index contributed by atoms with van der Waals surface area (Å²) < 4.78 is 46.2. The highest BCUT2D eigenvalue weighted by Crippen LogP contribution is 2.23. The fourth-order valence-electron chi connectivity index (χ4n) is 1.91. The van der Waals surface area contributed by atoms with Gasteiger partial charge in [-0.1, -0.05) is 18.2 Å². The van der Waals surface area contributed by atoms with E-state index in [0.717, 1.165) is 5.39 Å². The molecular weight excluding hydrogens is 299 g/mol. The average molecular weight is 315 g/mol. The van der Waals surface area contributed by atoms with Crippen LogP contribution in [0.25, 0.3) is 11.0 Å². The minimum absolute atomic E-state index is 0.475. The zero-order chi connectivity index (χ0) is 16.3. The van der Waals surface area contributed by atoms with Crippen molar-refractivity contribution in [3.63, 3.8) is 0 Å². The summed E-state index contributed by atoms with van der Waals surface area (Å²) in [6.45, 7) is 1.50. The molecule has 0 fully saturated rings. The lowest BCUT2D eigenvalue weighted by atomic mass is 10.2. The summed E-state index contributed by atoms with van der Waals surface area (Å²) in [4.78, 5) is 11.8. The Morgan fingerprint density at radius 2 is 2.00 bits per heavy atom. The van der Waals surface area contributed by atoms with E-state index < -0.39 is 30.8 Å². The second kappa shape index (κ2) is 6.39. The Kier molecular flexibility index (Phi) is 4.75. The molecule has 0 aliphatic carbocycles. The van der Waals surface area contributed by atoms with Crippen LogP contribution in [0.2, 0.25) is 0 Å². The molecule has 0 aliphatic rings. The third kappa shape index (κ3) is 4.24. The number of para-hydroxylation sites is 1. The van der Waals surface area contributed by atoms with Gasteiger partial charge in [0.1, 0.15) is 24.1 Å². The van der Waals surface area contributed by atoms with Gasteiger partial charge in [-0.3, -0.25) is 4.79 Å². The largest absolute Gasteiger partial charge is 0.459 e. The fourth-order valence-corrected chi connectivity index (χ4v) is 1.91. The number of rotatable bonds is 5. The number of hydrogen-bond acceptors (Lipinski definition) is 3. The van der Waals surface area contributed by atoms with Gasteiger partial charge in [0.15, 0.2) is 0 Å². The number of ether oxygens (including phenoxy) is 1. The number of nitrogens with one attached hydrogen (secondary N) is 1. The van der Waals surface area contributed by atoms with Crippen molar-refractivity contribution in [2.45, 2.75) is 32.2 Å². The minimum atomic E-state index is -4.46. The first-order valence-corrected chi connectivity index (χ1v) is 6.73. The Morgan fingerprint density at radius 1 is 1.32 bits per heavy atom. The van der Waals surface area contributed by atoms with E-state index in [-0.39, 0.29) is 0 Å². The van der Waals surface area contributed by atoms with Gasteiger partial charge in [-0.25, -0.2) is 0 Å². The van der Waals surface area contributed by atoms with E-state index in [1.165, 1.54) is 6.92 Å². The molecule has 22 heavy (non-hydrogen) atoms. The standard InChI is InChI=1S/C15H16F3NO3/c1-9(13-7-11-5-3-4-6-12(11)22-13)19-14(20)10(2)21-8-15(16,17)18/h3-7,9-10H,8H2,1-2H3,(H,19,20)/t9-,10+/m0/s1. The molecule has 1 amide bonds. The molecule has 0 spiro atoms. The zero-order valence-corrected chi connectivity index (χ0v) is 12.1. The maximum atomic E-state index is 12.1. The van der Waals surface area contributed by atoms with Crippen LogP contribution >= 0.6 is 0 Å². The third-order valence-electron chi connectivity index (χ3n) is 3.10. The molecule has 4 nitrogen and oxygen atoms in total. The maximum absolute atomic E-state index is 12.1. The van der Waals surface area contributed by atoms with Gasteiger partial charge in [-0.15, -0.1) is 0 Å². The lowest BCUT2D eigenvalue weighted by Gasteiger charge is -2.17. The van der Waals surface area contributed by atoms with E-state index in [0.29, 0.717) is 11.3 Å². The summed E-state index contributed by atoms with van der Waals surface area (Å²) in [5, 5.41) is 3.46. The quantitative estimate of drug-likeness (QED) is 0.917. The van der Waals surface area contributed by atoms with Crippen LogP contribution in [-0.2, 0) is 9.53 Å². The van der Waals surface area contributed by atoms with E-state index in [1.54, 1.807) is 19.1 Å². The molecular formula is C15H16F3NO3. The van der Waals surface area contributed by atoms with Gasteiger partial charge in [-0.05, 0) is 26.0 Å². The van der Waals surface area contributed by atoms with Crippen molar-refractivity contribution >= 4 is 16.9 Å². The van der Waals surface area contributed by atoms with E-state index in [1.807, 2.05) is 18.2 Å². The highest BCUT2D eigenvalue weighted by molar-refractivity contribution is 5.81. The minimum Gasteiger partial charge on any atom is -0.459 e. The van der Waals surface area contributed by atoms with Gasteiger partial charge >= 0.3 is 6.18 Å². The number of carbonyl (C=O) groups is 1. The van der Waals surface area contributed by atoms with Crippen molar-refractivity contribution in [3.8, 4) is 0 Å². The Balaban J connectivity index is 1.95. The fraction of sp³-hybridized carbons (Fsp3) is 0.400. The van der Waals surface area contributed by atoms with Gasteiger partial charge in [0, 0.05) is 5.39 Å². The molecule has 2 atom stereocenters. The summed E-state index contributed by atoms with van der Waals surface area (Å²) in [5.41, 5.74) is 0.681. The number of furan rings is 1. The van der Waals surface area contributed by atoms with Crippen LogP contribution in [0.4, 0.5) is 13.2 Å². The summed E-state index contributed by atoms with van der Waals surface area (Å²) in [6, 6.07) is 8.65. The van der Waals surface area contributed by atoms with Gasteiger partial charge in [0.2, 0.25) is 5.91 Å². The Hall–Kier alpha value is -2.02. The molecule has 0 bridgehead atoms. The van der Waals surface area contributed by atoms with Crippen molar-refractivity contribution < 1.29 is 27.1 Å². The van der Waals surface area contributed by atoms with Crippen LogP contribution in [0.15, 0.2) is 34.7 Å². The second-order valence-corrected chi connectivity index (χ2v) is 4.99. The monoisotopic (exact) mass is 315 g/mol. The Morgan fingerprint density at radius 3 is 2.64 bits per heavy atom. The number of halogens is 3. The van der Waals surface area contributed by atoms with Gasteiger partial charge in [0.25, 0.3) is 0 Å². The molecule has 1 aromatic carbocycles. The zero-order valence-electron chi connectivity index (χ0n) is 12.1. The number of hydrogen-bond donors (Lipinski definition) is 1. The maximum Gasteiger partial charge on any atom is 0.411 e. The first-order chi connectivity index (χ1) is 10.3. The highest BCUT2D eigenvalue weighted by Gasteiger charge is 2.30. The molecule has 0 radical (unpaired) electrons. The van der Waals surface area contributed by atoms with Crippen LogP contribution in [0.5, 0.6) is 0 Å². The summed E-state index contributed by atoms with van der Waals surface area (Å²) in [5.74, 6) is -0.102. The van der Waals surface area contributed by atoms with E-state index in [4.69, 9.17) is 4.42 Å². The van der Waals surface area contributed by atoms with E-state index >= 15 is 0 Å². The van der Waals surface area contributed by atoms with Crippen molar-refractivity contribution in [2.24, 2.45) is 0 Å². The lowest BCUT2D eigenvalue weighted by Crippen LogP contribution is -2.37. The molecule has 2 aromatic rings. The number of alkyl halides is 3. The number of amides is 1. The first-order valence-electron chi connectivity index (χ1n) is 6.73. The van der Waals surface area contributed by atoms with Crippen LogP contribution < -0.4 is 5.32 Å². The highest BCUT2D eigenvalue weighted by atomic mass is 19.4. The molecule has 1 heterocycles. The van der Waals surface area contributed by atoms with Gasteiger partial charge < -0.3 is 14.5 Å². The topological polar surface area (TPSA) is 51.5 Å². The summed E-state index contributed by atoms with van der Waals surface area (Å²) in [7, 11) is 0. The molecule has 0 saturated carbocycles.